The Balaban J connectivity index is 2.61. The molecule has 0 saturated heterocycles. The van der Waals surface area contributed by atoms with Gasteiger partial charge in [0.2, 0.25) is 0 Å². The molecule has 0 bridgehead atoms. The van der Waals surface area contributed by atoms with Crippen LogP contribution in [0.1, 0.15) is 11.3 Å². The number of thiol groups is 1. The number of furan rings is 1. The highest BCUT2D eigenvalue weighted by atomic mass is 32.2. The van der Waals surface area contributed by atoms with Crippen LogP contribution in [0, 0.1) is 6.92 Å². The molecule has 0 radical (unpaired) electrons. The maximum Gasteiger partial charge on any atom is 0.437 e. The predicted molar refractivity (Wildman–Crippen MR) is 84.7 cm³/mol. The molecule has 0 atom stereocenters. The second kappa shape index (κ2) is 6.52. The fourth-order valence-electron chi connectivity index (χ4n) is 1.88. The van der Waals surface area contributed by atoms with Gasteiger partial charge in [0.25, 0.3) is 0 Å². The van der Waals surface area contributed by atoms with Crippen LogP contribution in [-0.2, 0) is 14.4 Å². The first-order valence-electron chi connectivity index (χ1n) is 6.41. The Morgan fingerprint density at radius 2 is 1.83 bits per heavy atom. The third kappa shape index (κ3) is 4.54. The second-order valence-electron chi connectivity index (χ2n) is 4.86. The summed E-state index contributed by atoms with van der Waals surface area (Å²) in [5.74, 6) is 0.0975. The van der Waals surface area contributed by atoms with Gasteiger partial charge < -0.3 is 4.42 Å². The molecule has 0 unspecified atom stereocenters. The number of rotatable bonds is 4. The molecule has 0 aliphatic heterocycles. The zero-order valence-corrected chi connectivity index (χ0v) is 14.2. The molecule has 0 N–H and O–H groups in total. The van der Waals surface area contributed by atoms with E-state index in [2.05, 4.69) is 22.1 Å². The standard InChI is InChI=1S/C14H12F3NO4S2/c1-8-7-11(12(21-8)9-3-5-10(23)6-4-9)13(14(15,16)17)18-22-24(2,19)20/h3-7,23H,1-2H3. The van der Waals surface area contributed by atoms with Crippen LogP contribution in [-0.4, -0.2) is 26.6 Å². The van der Waals surface area contributed by atoms with E-state index in [4.69, 9.17) is 4.42 Å². The zero-order valence-electron chi connectivity index (χ0n) is 12.5. The fraction of sp³-hybridized carbons (Fsp3) is 0.214. The number of hydrogen-bond donors (Lipinski definition) is 1. The van der Waals surface area contributed by atoms with Gasteiger partial charge in [-0.3, -0.25) is 4.28 Å². The molecule has 24 heavy (non-hydrogen) atoms. The smallest absolute Gasteiger partial charge is 0.437 e. The van der Waals surface area contributed by atoms with Crippen LogP contribution in [0.2, 0.25) is 0 Å². The van der Waals surface area contributed by atoms with Gasteiger partial charge in [0, 0.05) is 10.5 Å². The average molecular weight is 379 g/mol. The van der Waals surface area contributed by atoms with E-state index >= 15 is 0 Å². The minimum atomic E-state index is -4.95. The van der Waals surface area contributed by atoms with Gasteiger partial charge in [-0.15, -0.1) is 12.6 Å². The molecule has 2 rings (SSSR count). The van der Waals surface area contributed by atoms with Crippen molar-refractivity contribution in [2.24, 2.45) is 5.16 Å². The SMILES string of the molecule is Cc1cc(C(=NOS(C)(=O)=O)C(F)(F)F)c(-c2ccc(S)cc2)o1. The van der Waals surface area contributed by atoms with Gasteiger partial charge in [0.05, 0.1) is 11.8 Å². The predicted octanol–water partition coefficient (Wildman–Crippen LogP) is 3.79. The summed E-state index contributed by atoms with van der Waals surface area (Å²) in [7, 11) is -4.19. The topological polar surface area (TPSA) is 68.9 Å². The molecule has 0 aliphatic rings. The van der Waals surface area contributed by atoms with E-state index in [1.54, 1.807) is 12.1 Å². The highest BCUT2D eigenvalue weighted by Gasteiger charge is 2.41. The number of nitrogens with zero attached hydrogens (tertiary/aromatic N) is 1. The summed E-state index contributed by atoms with van der Waals surface area (Å²) in [6, 6.07) is 7.32. The van der Waals surface area contributed by atoms with E-state index in [1.807, 2.05) is 0 Å². The summed E-state index contributed by atoms with van der Waals surface area (Å²) in [4.78, 5) is 0.619. The van der Waals surface area contributed by atoms with Gasteiger partial charge in [-0.2, -0.15) is 21.6 Å². The molecule has 0 spiro atoms. The normalized spacial score (nSPS) is 13.2. The highest BCUT2D eigenvalue weighted by Crippen LogP contribution is 2.33. The Morgan fingerprint density at radius 1 is 1.25 bits per heavy atom. The summed E-state index contributed by atoms with van der Waals surface area (Å²) in [6.45, 7) is 1.46. The van der Waals surface area contributed by atoms with Gasteiger partial charge in [0.1, 0.15) is 11.5 Å². The van der Waals surface area contributed by atoms with Crippen LogP contribution in [0.25, 0.3) is 11.3 Å². The molecule has 2 aromatic rings. The van der Waals surface area contributed by atoms with Crippen LogP contribution >= 0.6 is 12.6 Å². The van der Waals surface area contributed by atoms with E-state index in [0.29, 0.717) is 16.7 Å². The Kier molecular flexibility index (Phi) is 5.00. The van der Waals surface area contributed by atoms with Crippen molar-refractivity contribution in [3.8, 4) is 11.3 Å². The average Bonchev–Trinajstić information content (AvgIpc) is 2.78. The first kappa shape index (κ1) is 18.4. The molecular formula is C14H12F3NO4S2. The Hall–Kier alpha value is -1.94. The molecule has 0 fully saturated rings. The molecule has 0 aliphatic carbocycles. The lowest BCUT2D eigenvalue weighted by atomic mass is 10.0. The van der Waals surface area contributed by atoms with Gasteiger partial charge in [-0.25, -0.2) is 0 Å². The van der Waals surface area contributed by atoms with Crippen LogP contribution in [0.3, 0.4) is 0 Å². The number of benzene rings is 1. The van der Waals surface area contributed by atoms with E-state index in [0.717, 1.165) is 6.07 Å². The maximum absolute atomic E-state index is 13.3. The monoisotopic (exact) mass is 379 g/mol. The van der Waals surface area contributed by atoms with Crippen molar-refractivity contribution in [2.45, 2.75) is 18.0 Å². The van der Waals surface area contributed by atoms with Crippen LogP contribution < -0.4 is 0 Å². The Labute approximate surface area is 141 Å². The summed E-state index contributed by atoms with van der Waals surface area (Å²) in [5, 5.41) is 2.78. The van der Waals surface area contributed by atoms with E-state index in [-0.39, 0.29) is 11.5 Å². The van der Waals surface area contributed by atoms with Crippen molar-refractivity contribution in [2.75, 3.05) is 6.26 Å². The zero-order chi connectivity index (χ0) is 18.1. The lowest BCUT2D eigenvalue weighted by Gasteiger charge is -2.10. The minimum absolute atomic E-state index is 0.103. The number of halogens is 3. The third-order valence-corrected chi connectivity index (χ3v) is 3.42. The van der Waals surface area contributed by atoms with Crippen LogP contribution in [0.15, 0.2) is 44.8 Å². The molecule has 1 aromatic carbocycles. The number of oxime groups is 1. The van der Waals surface area contributed by atoms with Gasteiger partial charge in [0.15, 0.2) is 5.71 Å². The summed E-state index contributed by atoms with van der Waals surface area (Å²) < 4.78 is 71.1. The highest BCUT2D eigenvalue weighted by molar-refractivity contribution is 7.85. The summed E-state index contributed by atoms with van der Waals surface area (Å²) in [6.07, 6.45) is -4.35. The molecule has 10 heteroatoms. The Bertz CT molecular complexity index is 868. The van der Waals surface area contributed by atoms with Gasteiger partial charge in [-0.05, 0) is 25.1 Å². The Morgan fingerprint density at radius 3 is 2.33 bits per heavy atom. The van der Waals surface area contributed by atoms with Crippen molar-refractivity contribution in [1.82, 2.24) is 0 Å². The van der Waals surface area contributed by atoms with E-state index in [9.17, 15) is 21.6 Å². The molecule has 1 aromatic heterocycles. The lowest BCUT2D eigenvalue weighted by molar-refractivity contribution is -0.0596. The van der Waals surface area contributed by atoms with Gasteiger partial charge >= 0.3 is 16.3 Å². The second-order valence-corrected chi connectivity index (χ2v) is 6.94. The van der Waals surface area contributed by atoms with Crippen LogP contribution in [0.4, 0.5) is 13.2 Å². The third-order valence-electron chi connectivity index (χ3n) is 2.77. The fourth-order valence-corrected chi connectivity index (χ4v) is 2.23. The molecule has 5 nitrogen and oxygen atoms in total. The van der Waals surface area contributed by atoms with Crippen molar-refractivity contribution in [1.29, 1.82) is 0 Å². The molecule has 130 valence electrons. The largest absolute Gasteiger partial charge is 0.461 e. The maximum atomic E-state index is 13.3. The number of aryl methyl sites for hydroxylation is 1. The first-order chi connectivity index (χ1) is 11.0. The van der Waals surface area contributed by atoms with Crippen molar-refractivity contribution in [3.63, 3.8) is 0 Å². The summed E-state index contributed by atoms with van der Waals surface area (Å²) in [5.41, 5.74) is -1.57. The molecule has 1 heterocycles. The first-order valence-corrected chi connectivity index (χ1v) is 8.68. The molecule has 0 saturated carbocycles. The van der Waals surface area contributed by atoms with E-state index < -0.39 is 27.6 Å². The summed E-state index contributed by atoms with van der Waals surface area (Å²) >= 11 is 4.11. The molecular weight excluding hydrogens is 367 g/mol. The number of hydrogen-bond acceptors (Lipinski definition) is 6. The lowest BCUT2D eigenvalue weighted by Crippen LogP contribution is -2.25. The van der Waals surface area contributed by atoms with Crippen molar-refractivity contribution >= 4 is 28.5 Å². The minimum Gasteiger partial charge on any atom is -0.461 e. The quantitative estimate of drug-likeness (QED) is 0.499. The van der Waals surface area contributed by atoms with Gasteiger partial charge in [-0.1, -0.05) is 17.3 Å². The van der Waals surface area contributed by atoms with Crippen molar-refractivity contribution in [3.05, 3.63) is 41.7 Å². The number of alkyl halides is 3. The van der Waals surface area contributed by atoms with Crippen molar-refractivity contribution < 1.29 is 30.3 Å². The van der Waals surface area contributed by atoms with Crippen LogP contribution in [0.5, 0.6) is 0 Å². The molecule has 0 amide bonds. The van der Waals surface area contributed by atoms with E-state index in [1.165, 1.54) is 19.1 Å².